The van der Waals surface area contributed by atoms with Gasteiger partial charge >= 0.3 is 0 Å². The van der Waals surface area contributed by atoms with Crippen LogP contribution in [0, 0.1) is 6.92 Å². The van der Waals surface area contributed by atoms with Crippen molar-refractivity contribution < 1.29 is 9.59 Å². The largest absolute Gasteiger partial charge is 0.344 e. The molecule has 1 saturated carbocycles. The van der Waals surface area contributed by atoms with E-state index in [1.165, 1.54) is 0 Å². The number of piperidine rings is 1. The van der Waals surface area contributed by atoms with Crippen LogP contribution in [-0.2, 0) is 15.1 Å². The van der Waals surface area contributed by atoms with Crippen LogP contribution in [0.25, 0.3) is 0 Å². The molecule has 2 N–H and O–H groups in total. The van der Waals surface area contributed by atoms with Gasteiger partial charge in [-0.05, 0) is 45.4 Å². The number of hydrogen-bond donors (Lipinski definition) is 2. The first-order chi connectivity index (χ1) is 11.0. The Kier molecular flexibility index (Phi) is 4.41. The van der Waals surface area contributed by atoms with E-state index in [9.17, 15) is 9.59 Å². The van der Waals surface area contributed by atoms with Crippen molar-refractivity contribution in [3.8, 4) is 0 Å². The minimum absolute atomic E-state index is 0.0249. The molecule has 1 aromatic heterocycles. The number of nitrogens with one attached hydrogen (secondary N) is 2. The van der Waals surface area contributed by atoms with Crippen molar-refractivity contribution >= 4 is 11.8 Å². The number of aryl methyl sites for hydroxylation is 1. The zero-order valence-corrected chi connectivity index (χ0v) is 14.0. The molecule has 2 amide bonds. The predicted octanol–water partition coefficient (Wildman–Crippen LogP) is 2.00. The first kappa shape index (κ1) is 16.0. The van der Waals surface area contributed by atoms with Crippen LogP contribution in [0.3, 0.4) is 0 Å². The number of aromatic nitrogens is 2. The molecule has 6 heteroatoms. The van der Waals surface area contributed by atoms with Gasteiger partial charge in [-0.1, -0.05) is 0 Å². The Balaban J connectivity index is 1.65. The van der Waals surface area contributed by atoms with Crippen LogP contribution in [0.15, 0.2) is 6.20 Å². The first-order valence-corrected chi connectivity index (χ1v) is 8.60. The number of carbonyl (C=O) groups excluding carboxylic acids is 2. The fraction of sp³-hybridized carbons (Fsp3) is 0.706. The van der Waals surface area contributed by atoms with E-state index < -0.39 is 0 Å². The number of H-pyrrole nitrogens is 1. The highest BCUT2D eigenvalue weighted by Gasteiger charge is 2.43. The van der Waals surface area contributed by atoms with Gasteiger partial charge < -0.3 is 15.2 Å². The van der Waals surface area contributed by atoms with E-state index >= 15 is 0 Å². The Hall–Kier alpha value is -1.85. The predicted molar refractivity (Wildman–Crippen MR) is 86.6 cm³/mol. The molecule has 3 rings (SSSR count). The Morgan fingerprint density at radius 2 is 2.17 bits per heavy atom. The molecule has 0 radical (unpaired) electrons. The van der Waals surface area contributed by atoms with Gasteiger partial charge in [-0.15, -0.1) is 0 Å². The zero-order valence-electron chi connectivity index (χ0n) is 14.0. The van der Waals surface area contributed by atoms with E-state index in [1.807, 2.05) is 11.8 Å². The second-order valence-corrected chi connectivity index (χ2v) is 6.96. The molecule has 1 saturated heterocycles. The summed E-state index contributed by atoms with van der Waals surface area (Å²) in [5.41, 5.74) is 0.677. The molecule has 0 aromatic carbocycles. The molecule has 126 valence electrons. The van der Waals surface area contributed by atoms with Gasteiger partial charge in [0.25, 0.3) is 0 Å². The third-order valence-corrected chi connectivity index (χ3v) is 5.19. The maximum absolute atomic E-state index is 12.6. The van der Waals surface area contributed by atoms with Crippen molar-refractivity contribution in [2.45, 2.75) is 70.4 Å². The second-order valence-electron chi connectivity index (χ2n) is 6.96. The summed E-state index contributed by atoms with van der Waals surface area (Å²) < 4.78 is 0. The van der Waals surface area contributed by atoms with Crippen LogP contribution < -0.4 is 5.32 Å². The SMILES string of the molecule is CC(=O)N1CCCCC1CC(=O)NC1(c2ncc(C)[nH]2)CCC1. The van der Waals surface area contributed by atoms with Gasteiger partial charge in [-0.3, -0.25) is 9.59 Å². The van der Waals surface area contributed by atoms with Gasteiger partial charge in [0, 0.05) is 37.8 Å². The molecule has 2 aliphatic rings. The monoisotopic (exact) mass is 318 g/mol. The Labute approximate surface area is 137 Å². The molecule has 1 aliphatic heterocycles. The average Bonchev–Trinajstić information content (AvgIpc) is 2.90. The number of nitrogens with zero attached hydrogens (tertiary/aromatic N) is 2. The van der Waals surface area contributed by atoms with Crippen LogP contribution >= 0.6 is 0 Å². The Morgan fingerprint density at radius 1 is 1.39 bits per heavy atom. The van der Waals surface area contributed by atoms with Gasteiger partial charge in [-0.25, -0.2) is 4.98 Å². The Bertz CT molecular complexity index is 591. The summed E-state index contributed by atoms with van der Waals surface area (Å²) in [6.45, 7) is 4.34. The summed E-state index contributed by atoms with van der Waals surface area (Å²) >= 11 is 0. The molecule has 0 bridgehead atoms. The molecule has 2 fully saturated rings. The third kappa shape index (κ3) is 3.26. The summed E-state index contributed by atoms with van der Waals surface area (Å²) in [6, 6.07) is 0.0386. The minimum atomic E-state index is -0.332. The number of imidazole rings is 1. The molecular weight excluding hydrogens is 292 g/mol. The van der Waals surface area contributed by atoms with Gasteiger partial charge in [0.15, 0.2) is 0 Å². The highest BCUT2D eigenvalue weighted by Crippen LogP contribution is 2.40. The van der Waals surface area contributed by atoms with E-state index in [2.05, 4.69) is 15.3 Å². The van der Waals surface area contributed by atoms with Crippen LogP contribution in [0.2, 0.25) is 0 Å². The summed E-state index contributed by atoms with van der Waals surface area (Å²) in [6.07, 6.45) is 8.18. The standard InChI is InChI=1S/C17H26N4O2/c1-12-11-18-16(19-12)17(7-5-8-17)20-15(23)10-14-6-3-4-9-21(14)13(2)22/h11,14H,3-10H2,1-2H3,(H,18,19)(H,20,23). The fourth-order valence-corrected chi connectivity index (χ4v) is 3.77. The summed E-state index contributed by atoms with van der Waals surface area (Å²) in [7, 11) is 0. The van der Waals surface area contributed by atoms with Gasteiger partial charge in [-0.2, -0.15) is 0 Å². The molecule has 1 aliphatic carbocycles. The van der Waals surface area contributed by atoms with Crippen molar-refractivity contribution in [1.82, 2.24) is 20.2 Å². The summed E-state index contributed by atoms with van der Waals surface area (Å²) in [4.78, 5) is 33.9. The first-order valence-electron chi connectivity index (χ1n) is 8.60. The summed E-state index contributed by atoms with van der Waals surface area (Å²) in [5, 5.41) is 3.20. The molecule has 1 aromatic rings. The maximum atomic E-state index is 12.6. The number of carbonyl (C=O) groups is 2. The Morgan fingerprint density at radius 3 is 2.74 bits per heavy atom. The van der Waals surface area contributed by atoms with E-state index in [-0.39, 0.29) is 23.4 Å². The lowest BCUT2D eigenvalue weighted by molar-refractivity contribution is -0.134. The lowest BCUT2D eigenvalue weighted by Crippen LogP contribution is -2.53. The number of amides is 2. The molecule has 0 spiro atoms. The topological polar surface area (TPSA) is 78.1 Å². The third-order valence-electron chi connectivity index (χ3n) is 5.19. The summed E-state index contributed by atoms with van der Waals surface area (Å²) in [5.74, 6) is 0.959. The van der Waals surface area contributed by atoms with Gasteiger partial charge in [0.05, 0.1) is 5.54 Å². The maximum Gasteiger partial charge on any atom is 0.222 e. The van der Waals surface area contributed by atoms with Crippen molar-refractivity contribution in [2.24, 2.45) is 0 Å². The quantitative estimate of drug-likeness (QED) is 0.891. The minimum Gasteiger partial charge on any atom is -0.344 e. The van der Waals surface area contributed by atoms with E-state index in [0.29, 0.717) is 6.42 Å². The smallest absolute Gasteiger partial charge is 0.222 e. The van der Waals surface area contributed by atoms with Crippen molar-refractivity contribution in [2.75, 3.05) is 6.54 Å². The van der Waals surface area contributed by atoms with Gasteiger partial charge in [0.2, 0.25) is 11.8 Å². The van der Waals surface area contributed by atoms with Crippen LogP contribution in [-0.4, -0.2) is 39.3 Å². The lowest BCUT2D eigenvalue weighted by Gasteiger charge is -2.42. The average molecular weight is 318 g/mol. The molecular formula is C17H26N4O2. The second kappa shape index (κ2) is 6.34. The van der Waals surface area contributed by atoms with Crippen LogP contribution in [0.4, 0.5) is 0 Å². The number of aromatic amines is 1. The normalized spacial score (nSPS) is 23.2. The van der Waals surface area contributed by atoms with Crippen molar-refractivity contribution in [3.63, 3.8) is 0 Å². The van der Waals surface area contributed by atoms with Crippen LogP contribution in [0.1, 0.15) is 63.4 Å². The lowest BCUT2D eigenvalue weighted by atomic mass is 9.76. The number of rotatable bonds is 4. The van der Waals surface area contributed by atoms with Crippen LogP contribution in [0.5, 0.6) is 0 Å². The van der Waals surface area contributed by atoms with E-state index in [4.69, 9.17) is 0 Å². The van der Waals surface area contributed by atoms with E-state index in [1.54, 1.807) is 13.1 Å². The number of likely N-dealkylation sites (tertiary alicyclic amines) is 1. The molecule has 6 nitrogen and oxygen atoms in total. The zero-order chi connectivity index (χ0) is 16.4. The molecule has 2 heterocycles. The van der Waals surface area contributed by atoms with Crippen molar-refractivity contribution in [1.29, 1.82) is 0 Å². The molecule has 23 heavy (non-hydrogen) atoms. The van der Waals surface area contributed by atoms with Gasteiger partial charge in [0.1, 0.15) is 5.82 Å². The highest BCUT2D eigenvalue weighted by molar-refractivity contribution is 5.79. The highest BCUT2D eigenvalue weighted by atomic mass is 16.2. The molecule has 1 atom stereocenters. The van der Waals surface area contributed by atoms with E-state index in [0.717, 1.165) is 56.6 Å². The number of hydrogen-bond acceptors (Lipinski definition) is 3. The molecule has 1 unspecified atom stereocenters. The van der Waals surface area contributed by atoms with Crippen molar-refractivity contribution in [3.05, 3.63) is 17.7 Å². The fourth-order valence-electron chi connectivity index (χ4n) is 3.77.